The van der Waals surface area contributed by atoms with Crippen LogP contribution in [0.4, 0.5) is 0 Å². The van der Waals surface area contributed by atoms with Gasteiger partial charge in [0, 0.05) is 31.4 Å². The summed E-state index contributed by atoms with van der Waals surface area (Å²) in [5, 5.41) is 0. The van der Waals surface area contributed by atoms with E-state index in [1.807, 2.05) is 6.08 Å². The van der Waals surface area contributed by atoms with Crippen molar-refractivity contribution in [2.24, 2.45) is 0 Å². The minimum atomic E-state index is 0.564. The Hall–Kier alpha value is -0.760. The molecule has 1 atom stereocenters. The Morgan fingerprint density at radius 1 is 1.50 bits per heavy atom. The Balaban J connectivity index is 2.55. The van der Waals surface area contributed by atoms with Gasteiger partial charge >= 0.3 is 0 Å². The van der Waals surface area contributed by atoms with E-state index in [0.29, 0.717) is 6.04 Å². The van der Waals surface area contributed by atoms with Gasteiger partial charge in [0.2, 0.25) is 0 Å². The van der Waals surface area contributed by atoms with Crippen LogP contribution in [0.25, 0.3) is 0 Å². The first kappa shape index (κ1) is 9.33. The van der Waals surface area contributed by atoms with Crippen molar-refractivity contribution in [1.82, 2.24) is 9.80 Å². The second-order valence-electron chi connectivity index (χ2n) is 3.50. The largest absolute Gasteiger partial charge is 0.367 e. The molecule has 0 saturated carbocycles. The number of nitrogens with zero attached hydrogens (tertiary/aromatic N) is 2. The first-order valence-electron chi connectivity index (χ1n) is 4.41. The van der Waals surface area contributed by atoms with Crippen molar-refractivity contribution >= 4 is 0 Å². The van der Waals surface area contributed by atoms with Gasteiger partial charge in [0.1, 0.15) is 0 Å². The van der Waals surface area contributed by atoms with Crippen LogP contribution in [0.1, 0.15) is 6.92 Å². The summed E-state index contributed by atoms with van der Waals surface area (Å²) >= 11 is 0. The average molecular weight is 166 g/mol. The molecule has 1 unspecified atom stereocenters. The third-order valence-corrected chi connectivity index (χ3v) is 2.44. The molecule has 12 heavy (non-hydrogen) atoms. The lowest BCUT2D eigenvalue weighted by Gasteiger charge is -2.40. The van der Waals surface area contributed by atoms with Crippen molar-refractivity contribution in [1.29, 1.82) is 0 Å². The number of piperazine rings is 1. The molecule has 0 N–H and O–H groups in total. The van der Waals surface area contributed by atoms with Crippen LogP contribution in [0.3, 0.4) is 0 Å². The summed E-state index contributed by atoms with van der Waals surface area (Å²) < 4.78 is 0. The molecular weight excluding hydrogens is 148 g/mol. The van der Waals surface area contributed by atoms with E-state index in [1.54, 1.807) is 0 Å². The van der Waals surface area contributed by atoms with Crippen molar-refractivity contribution in [3.63, 3.8) is 0 Å². The summed E-state index contributed by atoms with van der Waals surface area (Å²) in [6.45, 7) is 13.2. The number of hydrogen-bond acceptors (Lipinski definition) is 2. The Morgan fingerprint density at radius 3 is 2.67 bits per heavy atom. The fraction of sp³-hybridized carbons (Fsp3) is 0.600. The summed E-state index contributed by atoms with van der Waals surface area (Å²) in [4.78, 5) is 4.66. The Bertz CT molecular complexity index is 186. The van der Waals surface area contributed by atoms with E-state index < -0.39 is 0 Å². The zero-order valence-corrected chi connectivity index (χ0v) is 8.08. The molecule has 1 fully saturated rings. The summed E-state index contributed by atoms with van der Waals surface area (Å²) in [6, 6.07) is 0.564. The van der Waals surface area contributed by atoms with Gasteiger partial charge in [-0.2, -0.15) is 0 Å². The lowest BCUT2D eigenvalue weighted by atomic mass is 10.2. The maximum absolute atomic E-state index is 3.96. The van der Waals surface area contributed by atoms with E-state index in [1.165, 1.54) is 0 Å². The Labute approximate surface area is 75.2 Å². The quantitative estimate of drug-likeness (QED) is 0.571. The van der Waals surface area contributed by atoms with Crippen LogP contribution in [0.15, 0.2) is 24.9 Å². The molecule has 0 radical (unpaired) electrons. The smallest absolute Gasteiger partial charge is 0.0389 e. The van der Waals surface area contributed by atoms with Crippen LogP contribution in [0.2, 0.25) is 0 Å². The van der Waals surface area contributed by atoms with E-state index in [-0.39, 0.29) is 0 Å². The summed E-state index contributed by atoms with van der Waals surface area (Å²) in [5.74, 6) is 0. The van der Waals surface area contributed by atoms with Gasteiger partial charge in [-0.15, -0.1) is 0 Å². The maximum atomic E-state index is 3.96. The molecule has 2 heteroatoms. The SMILES string of the molecule is C=CC(=C)N1CCN(C)CC1C. The van der Waals surface area contributed by atoms with Gasteiger partial charge in [-0.25, -0.2) is 0 Å². The minimum Gasteiger partial charge on any atom is -0.367 e. The van der Waals surface area contributed by atoms with Crippen molar-refractivity contribution in [2.45, 2.75) is 13.0 Å². The normalized spacial score (nSPS) is 25.5. The maximum Gasteiger partial charge on any atom is 0.0389 e. The van der Waals surface area contributed by atoms with E-state index in [0.717, 1.165) is 25.3 Å². The zero-order valence-electron chi connectivity index (χ0n) is 8.08. The lowest BCUT2D eigenvalue weighted by molar-refractivity contribution is 0.136. The van der Waals surface area contributed by atoms with Crippen LogP contribution in [0, 0.1) is 0 Å². The molecule has 0 aromatic rings. The highest BCUT2D eigenvalue weighted by Crippen LogP contribution is 2.13. The molecule has 2 nitrogen and oxygen atoms in total. The van der Waals surface area contributed by atoms with Gasteiger partial charge < -0.3 is 9.80 Å². The van der Waals surface area contributed by atoms with Crippen molar-refractivity contribution in [2.75, 3.05) is 26.7 Å². The van der Waals surface area contributed by atoms with Gasteiger partial charge in [-0.1, -0.05) is 13.2 Å². The van der Waals surface area contributed by atoms with Crippen LogP contribution >= 0.6 is 0 Å². The molecule has 1 rings (SSSR count). The second-order valence-corrected chi connectivity index (χ2v) is 3.50. The minimum absolute atomic E-state index is 0.564. The highest BCUT2D eigenvalue weighted by Gasteiger charge is 2.20. The summed E-state index contributed by atoms with van der Waals surface area (Å²) in [6.07, 6.45) is 1.84. The number of hydrogen-bond donors (Lipinski definition) is 0. The van der Waals surface area contributed by atoms with Gasteiger partial charge in [-0.3, -0.25) is 0 Å². The summed E-state index contributed by atoms with van der Waals surface area (Å²) in [5.41, 5.74) is 1.05. The highest BCUT2D eigenvalue weighted by molar-refractivity contribution is 5.11. The molecule has 1 heterocycles. The Kier molecular flexibility index (Phi) is 2.93. The van der Waals surface area contributed by atoms with Crippen molar-refractivity contribution in [3.8, 4) is 0 Å². The van der Waals surface area contributed by atoms with Gasteiger partial charge in [0.05, 0.1) is 0 Å². The van der Waals surface area contributed by atoms with E-state index in [9.17, 15) is 0 Å². The molecular formula is C10H18N2. The molecule has 0 aromatic heterocycles. The van der Waals surface area contributed by atoms with Crippen LogP contribution in [-0.2, 0) is 0 Å². The number of likely N-dealkylation sites (N-methyl/N-ethyl adjacent to an activating group) is 1. The molecule has 1 aliphatic heterocycles. The molecule has 0 aliphatic carbocycles. The molecule has 0 aromatic carbocycles. The molecule has 1 aliphatic rings. The number of rotatable bonds is 2. The van der Waals surface area contributed by atoms with E-state index in [4.69, 9.17) is 0 Å². The van der Waals surface area contributed by atoms with Crippen LogP contribution < -0.4 is 0 Å². The molecule has 68 valence electrons. The van der Waals surface area contributed by atoms with Crippen LogP contribution in [0.5, 0.6) is 0 Å². The predicted octanol–water partition coefficient (Wildman–Crippen LogP) is 1.32. The lowest BCUT2D eigenvalue weighted by Crippen LogP contribution is -2.49. The predicted molar refractivity (Wildman–Crippen MR) is 53.0 cm³/mol. The Morgan fingerprint density at radius 2 is 2.17 bits per heavy atom. The van der Waals surface area contributed by atoms with Gasteiger partial charge in [-0.05, 0) is 20.0 Å². The highest BCUT2D eigenvalue weighted by atomic mass is 15.3. The first-order valence-corrected chi connectivity index (χ1v) is 4.41. The van der Waals surface area contributed by atoms with Gasteiger partial charge in [0.15, 0.2) is 0 Å². The monoisotopic (exact) mass is 166 g/mol. The zero-order chi connectivity index (χ0) is 9.14. The van der Waals surface area contributed by atoms with E-state index in [2.05, 4.69) is 36.9 Å². The third-order valence-electron chi connectivity index (χ3n) is 2.44. The van der Waals surface area contributed by atoms with Crippen molar-refractivity contribution in [3.05, 3.63) is 24.9 Å². The van der Waals surface area contributed by atoms with Crippen LogP contribution in [-0.4, -0.2) is 42.5 Å². The molecule has 0 bridgehead atoms. The molecule has 1 saturated heterocycles. The number of allylic oxidation sites excluding steroid dienone is 1. The topological polar surface area (TPSA) is 6.48 Å². The molecule has 0 amide bonds. The molecule has 0 spiro atoms. The van der Waals surface area contributed by atoms with E-state index >= 15 is 0 Å². The fourth-order valence-corrected chi connectivity index (χ4v) is 1.68. The second kappa shape index (κ2) is 3.76. The van der Waals surface area contributed by atoms with Crippen molar-refractivity contribution < 1.29 is 0 Å². The third kappa shape index (κ3) is 1.89. The average Bonchev–Trinajstić information content (AvgIpc) is 2.03. The first-order chi connectivity index (χ1) is 5.65. The van der Waals surface area contributed by atoms with Gasteiger partial charge in [0.25, 0.3) is 0 Å². The summed E-state index contributed by atoms with van der Waals surface area (Å²) in [7, 11) is 2.16. The standard InChI is InChI=1S/C10H18N2/c1-5-9(2)12-7-6-11(4)8-10(12)3/h5,10H,1-2,6-8H2,3-4H3. The fourth-order valence-electron chi connectivity index (χ4n) is 1.68.